The number of aryl methyl sites for hydroxylation is 2. The molecule has 2 aromatic rings. The minimum atomic E-state index is -3.71. The van der Waals surface area contributed by atoms with Crippen LogP contribution in [0.1, 0.15) is 18.2 Å². The lowest BCUT2D eigenvalue weighted by molar-refractivity contribution is 0.601. The third-order valence-electron chi connectivity index (χ3n) is 2.91. The average molecular weight is 324 g/mol. The van der Waals surface area contributed by atoms with Gasteiger partial charge in [-0.2, -0.15) is 5.10 Å². The summed E-state index contributed by atoms with van der Waals surface area (Å²) in [5.41, 5.74) is 7.20. The van der Waals surface area contributed by atoms with E-state index in [0.717, 1.165) is 0 Å². The summed E-state index contributed by atoms with van der Waals surface area (Å²) in [5.74, 6) is 0. The number of thiocarbonyl (C=S) groups is 1. The van der Waals surface area contributed by atoms with Gasteiger partial charge in [0.1, 0.15) is 4.99 Å². The first-order chi connectivity index (χ1) is 9.83. The first-order valence-corrected chi connectivity index (χ1v) is 8.18. The highest BCUT2D eigenvalue weighted by Crippen LogP contribution is 2.20. The number of rotatable bonds is 5. The summed E-state index contributed by atoms with van der Waals surface area (Å²) in [4.78, 5) is 0.265. The molecule has 0 aliphatic heterocycles. The van der Waals surface area contributed by atoms with Crippen LogP contribution in [-0.2, 0) is 23.5 Å². The van der Waals surface area contributed by atoms with E-state index in [-0.39, 0.29) is 9.88 Å². The Balaban J connectivity index is 2.38. The van der Waals surface area contributed by atoms with E-state index in [1.807, 2.05) is 6.92 Å². The number of hydrogen-bond acceptors (Lipinski definition) is 4. The zero-order chi connectivity index (χ0) is 15.6. The van der Waals surface area contributed by atoms with Gasteiger partial charge in [-0.25, -0.2) is 8.42 Å². The van der Waals surface area contributed by atoms with Crippen molar-refractivity contribution in [3.05, 3.63) is 41.7 Å². The van der Waals surface area contributed by atoms with Gasteiger partial charge in [0.05, 0.1) is 16.3 Å². The molecule has 0 amide bonds. The summed E-state index contributed by atoms with van der Waals surface area (Å²) in [7, 11) is -1.97. The van der Waals surface area contributed by atoms with Crippen LogP contribution in [0.15, 0.2) is 35.4 Å². The Morgan fingerprint density at radius 3 is 2.81 bits per heavy atom. The van der Waals surface area contributed by atoms with Crippen LogP contribution in [0.2, 0.25) is 0 Å². The van der Waals surface area contributed by atoms with Crippen LogP contribution in [0.4, 0.5) is 5.69 Å². The third-order valence-corrected chi connectivity index (χ3v) is 4.51. The quantitative estimate of drug-likeness (QED) is 0.812. The normalized spacial score (nSPS) is 11.3. The topological polar surface area (TPSA) is 90.0 Å². The van der Waals surface area contributed by atoms with Gasteiger partial charge in [0.15, 0.2) is 0 Å². The molecule has 3 N–H and O–H groups in total. The molecular formula is C13H16N4O2S2. The SMILES string of the molecule is CCc1nn(C)cc1NS(=O)(=O)c1cccc(C(N)=S)c1. The van der Waals surface area contributed by atoms with Gasteiger partial charge < -0.3 is 5.73 Å². The molecule has 112 valence electrons. The molecule has 21 heavy (non-hydrogen) atoms. The summed E-state index contributed by atoms with van der Waals surface area (Å²) in [5, 5.41) is 4.20. The van der Waals surface area contributed by atoms with Crippen LogP contribution in [-0.4, -0.2) is 23.2 Å². The van der Waals surface area contributed by atoms with Crippen molar-refractivity contribution >= 4 is 32.9 Å². The maximum Gasteiger partial charge on any atom is 0.262 e. The van der Waals surface area contributed by atoms with E-state index in [4.69, 9.17) is 18.0 Å². The number of anilines is 1. The molecule has 0 atom stereocenters. The van der Waals surface area contributed by atoms with Crippen molar-refractivity contribution in [2.24, 2.45) is 12.8 Å². The van der Waals surface area contributed by atoms with E-state index in [9.17, 15) is 8.42 Å². The molecule has 0 radical (unpaired) electrons. The Morgan fingerprint density at radius 1 is 1.48 bits per heavy atom. The molecule has 0 saturated heterocycles. The number of sulfonamides is 1. The van der Waals surface area contributed by atoms with Gasteiger partial charge in [-0.1, -0.05) is 31.3 Å². The molecular weight excluding hydrogens is 308 g/mol. The Bertz CT molecular complexity index is 781. The molecule has 1 aromatic carbocycles. The van der Waals surface area contributed by atoms with E-state index in [1.165, 1.54) is 12.1 Å². The summed E-state index contributed by atoms with van der Waals surface area (Å²) >= 11 is 4.87. The van der Waals surface area contributed by atoms with Crippen LogP contribution in [0, 0.1) is 0 Å². The molecule has 0 saturated carbocycles. The Labute approximate surface area is 129 Å². The second kappa shape index (κ2) is 5.82. The van der Waals surface area contributed by atoms with Gasteiger partial charge in [0, 0.05) is 18.8 Å². The maximum atomic E-state index is 12.4. The Morgan fingerprint density at radius 2 is 2.19 bits per heavy atom. The number of aromatic nitrogens is 2. The van der Waals surface area contributed by atoms with Gasteiger partial charge in [-0.05, 0) is 18.6 Å². The fourth-order valence-electron chi connectivity index (χ4n) is 1.90. The van der Waals surface area contributed by atoms with E-state index in [0.29, 0.717) is 23.4 Å². The first kappa shape index (κ1) is 15.5. The van der Waals surface area contributed by atoms with Gasteiger partial charge >= 0.3 is 0 Å². The minimum Gasteiger partial charge on any atom is -0.389 e. The van der Waals surface area contributed by atoms with Crippen LogP contribution in [0.3, 0.4) is 0 Å². The summed E-state index contributed by atoms with van der Waals surface area (Å²) in [6.07, 6.45) is 2.26. The lowest BCUT2D eigenvalue weighted by atomic mass is 10.2. The smallest absolute Gasteiger partial charge is 0.262 e. The minimum absolute atomic E-state index is 0.110. The molecule has 0 bridgehead atoms. The predicted molar refractivity (Wildman–Crippen MR) is 85.7 cm³/mol. The Kier molecular flexibility index (Phi) is 4.29. The van der Waals surface area contributed by atoms with Gasteiger partial charge in [-0.15, -0.1) is 0 Å². The second-order valence-corrected chi connectivity index (χ2v) is 6.64. The van der Waals surface area contributed by atoms with Crippen LogP contribution in [0.25, 0.3) is 0 Å². The monoisotopic (exact) mass is 324 g/mol. The van der Waals surface area contributed by atoms with Crippen LogP contribution >= 0.6 is 12.2 Å². The molecule has 0 aliphatic carbocycles. The van der Waals surface area contributed by atoms with Crippen molar-refractivity contribution in [1.29, 1.82) is 0 Å². The van der Waals surface area contributed by atoms with E-state index in [2.05, 4.69) is 9.82 Å². The number of benzene rings is 1. The maximum absolute atomic E-state index is 12.4. The number of hydrogen-bond donors (Lipinski definition) is 2. The van der Waals surface area contributed by atoms with Crippen molar-refractivity contribution in [3.8, 4) is 0 Å². The fourth-order valence-corrected chi connectivity index (χ4v) is 3.15. The Hall–Kier alpha value is -1.93. The summed E-state index contributed by atoms with van der Waals surface area (Å²) < 4.78 is 29.0. The second-order valence-electron chi connectivity index (χ2n) is 4.51. The van der Waals surface area contributed by atoms with Crippen molar-refractivity contribution in [1.82, 2.24) is 9.78 Å². The first-order valence-electron chi connectivity index (χ1n) is 6.28. The number of nitrogens with one attached hydrogen (secondary N) is 1. The average Bonchev–Trinajstić information content (AvgIpc) is 2.78. The molecule has 0 spiro atoms. The largest absolute Gasteiger partial charge is 0.389 e. The summed E-state index contributed by atoms with van der Waals surface area (Å²) in [6.45, 7) is 1.91. The van der Waals surface area contributed by atoms with Gasteiger partial charge in [0.25, 0.3) is 10.0 Å². The van der Waals surface area contributed by atoms with Crippen LogP contribution in [0.5, 0.6) is 0 Å². The number of nitrogens with zero attached hydrogens (tertiary/aromatic N) is 2. The molecule has 6 nitrogen and oxygen atoms in total. The van der Waals surface area contributed by atoms with Gasteiger partial charge in [0.2, 0.25) is 0 Å². The van der Waals surface area contributed by atoms with Crippen molar-refractivity contribution in [2.45, 2.75) is 18.2 Å². The summed E-state index contributed by atoms with van der Waals surface area (Å²) in [6, 6.07) is 6.22. The van der Waals surface area contributed by atoms with E-state index in [1.54, 1.807) is 30.1 Å². The van der Waals surface area contributed by atoms with E-state index >= 15 is 0 Å². The highest BCUT2D eigenvalue weighted by atomic mass is 32.2. The fraction of sp³-hybridized carbons (Fsp3) is 0.231. The van der Waals surface area contributed by atoms with Gasteiger partial charge in [-0.3, -0.25) is 9.40 Å². The van der Waals surface area contributed by atoms with Crippen molar-refractivity contribution < 1.29 is 8.42 Å². The third kappa shape index (κ3) is 3.40. The van der Waals surface area contributed by atoms with Crippen LogP contribution < -0.4 is 10.5 Å². The molecule has 8 heteroatoms. The van der Waals surface area contributed by atoms with Crippen molar-refractivity contribution in [3.63, 3.8) is 0 Å². The predicted octanol–water partition coefficient (Wildman–Crippen LogP) is 1.42. The molecule has 1 heterocycles. The molecule has 2 rings (SSSR count). The molecule has 0 unspecified atom stereocenters. The lowest BCUT2D eigenvalue weighted by Gasteiger charge is -2.08. The standard InChI is InChI=1S/C13H16N4O2S2/c1-3-11-12(8-17(2)15-11)16-21(18,19)10-6-4-5-9(7-10)13(14)20/h4-8,16H,3H2,1-2H3,(H2,14,20). The highest BCUT2D eigenvalue weighted by molar-refractivity contribution is 7.92. The molecule has 1 aromatic heterocycles. The lowest BCUT2D eigenvalue weighted by Crippen LogP contribution is -2.15. The van der Waals surface area contributed by atoms with E-state index < -0.39 is 10.0 Å². The number of nitrogens with two attached hydrogens (primary N) is 1. The van der Waals surface area contributed by atoms with Crippen molar-refractivity contribution in [2.75, 3.05) is 4.72 Å². The zero-order valence-electron chi connectivity index (χ0n) is 11.7. The molecule has 0 fully saturated rings. The highest BCUT2D eigenvalue weighted by Gasteiger charge is 2.18. The zero-order valence-corrected chi connectivity index (χ0v) is 13.3. The molecule has 0 aliphatic rings.